The highest BCUT2D eigenvalue weighted by molar-refractivity contribution is 9.10. The number of aliphatic hydroxyl groups excluding tert-OH is 1. The maximum absolute atomic E-state index is 10.5. The van der Waals surface area contributed by atoms with Crippen molar-refractivity contribution in [2.75, 3.05) is 13.7 Å². The van der Waals surface area contributed by atoms with E-state index in [-0.39, 0.29) is 6.04 Å². The van der Waals surface area contributed by atoms with Gasteiger partial charge in [0.15, 0.2) is 11.5 Å². The fourth-order valence-corrected chi connectivity index (χ4v) is 3.18. The second-order valence-electron chi connectivity index (χ2n) is 5.86. The first-order valence-electron chi connectivity index (χ1n) is 8.23. The molecule has 0 bridgehead atoms. The molecule has 0 spiro atoms. The molecule has 2 rings (SSSR count). The first kappa shape index (κ1) is 19.5. The van der Waals surface area contributed by atoms with Crippen molar-refractivity contribution in [1.29, 1.82) is 0 Å². The summed E-state index contributed by atoms with van der Waals surface area (Å²) in [5.74, 6) is 1.35. The maximum atomic E-state index is 10.5. The number of hydrogen-bond acceptors (Lipinski definition) is 3. The van der Waals surface area contributed by atoms with Gasteiger partial charge in [0.05, 0.1) is 11.6 Å². The summed E-state index contributed by atoms with van der Waals surface area (Å²) in [6.45, 7) is 6.82. The Bertz CT molecular complexity index is 691. The van der Waals surface area contributed by atoms with Crippen molar-refractivity contribution in [1.82, 2.24) is 0 Å². The number of benzene rings is 2. The molecular formula is C20H25BrNO3+. The van der Waals surface area contributed by atoms with E-state index in [1.807, 2.05) is 49.4 Å². The molecule has 5 heteroatoms. The maximum Gasteiger partial charge on any atom is 0.175 e. The van der Waals surface area contributed by atoms with Crippen molar-refractivity contribution < 1.29 is 19.9 Å². The molecule has 0 aliphatic rings. The van der Waals surface area contributed by atoms with Crippen LogP contribution in [0.2, 0.25) is 0 Å². The number of nitrogens with two attached hydrogens (primary N) is 1. The van der Waals surface area contributed by atoms with E-state index >= 15 is 0 Å². The van der Waals surface area contributed by atoms with Gasteiger partial charge in [0.1, 0.15) is 25.3 Å². The minimum atomic E-state index is -0.512. The molecule has 2 aromatic carbocycles. The summed E-state index contributed by atoms with van der Waals surface area (Å²) < 4.78 is 11.9. The van der Waals surface area contributed by atoms with E-state index in [4.69, 9.17) is 9.47 Å². The summed E-state index contributed by atoms with van der Waals surface area (Å²) in [6, 6.07) is 13.7. The smallest absolute Gasteiger partial charge is 0.175 e. The van der Waals surface area contributed by atoms with E-state index in [2.05, 4.69) is 27.8 Å². The second kappa shape index (κ2) is 9.61. The summed E-state index contributed by atoms with van der Waals surface area (Å²) in [5, 5.41) is 12.6. The predicted octanol–water partition coefficient (Wildman–Crippen LogP) is 3.21. The van der Waals surface area contributed by atoms with Gasteiger partial charge in [-0.2, -0.15) is 0 Å². The van der Waals surface area contributed by atoms with Crippen molar-refractivity contribution in [2.45, 2.75) is 25.6 Å². The molecule has 4 nitrogen and oxygen atoms in total. The highest BCUT2D eigenvalue weighted by atomic mass is 79.9. The van der Waals surface area contributed by atoms with Gasteiger partial charge < -0.3 is 19.9 Å². The fraction of sp³-hybridized carbons (Fsp3) is 0.300. The first-order chi connectivity index (χ1) is 12.1. The van der Waals surface area contributed by atoms with Crippen molar-refractivity contribution >= 4 is 15.9 Å². The Kier molecular flexibility index (Phi) is 7.50. The Morgan fingerprint density at radius 2 is 2.00 bits per heavy atom. The van der Waals surface area contributed by atoms with Crippen LogP contribution in [0.1, 0.15) is 24.2 Å². The minimum absolute atomic E-state index is 0.0314. The van der Waals surface area contributed by atoms with Gasteiger partial charge in [-0.25, -0.2) is 0 Å². The van der Waals surface area contributed by atoms with Crippen LogP contribution < -0.4 is 14.8 Å². The zero-order valence-electron chi connectivity index (χ0n) is 14.6. The van der Waals surface area contributed by atoms with E-state index in [9.17, 15) is 5.11 Å². The zero-order chi connectivity index (χ0) is 18.2. The molecule has 0 unspecified atom stereocenters. The van der Waals surface area contributed by atoms with E-state index < -0.39 is 6.10 Å². The van der Waals surface area contributed by atoms with Gasteiger partial charge in [-0.05, 0) is 40.5 Å². The van der Waals surface area contributed by atoms with Crippen molar-refractivity contribution in [2.24, 2.45) is 0 Å². The quantitative estimate of drug-likeness (QED) is 0.628. The number of ether oxygens (including phenoxy) is 2. The fourth-order valence-electron chi connectivity index (χ4n) is 2.58. The van der Waals surface area contributed by atoms with Crippen LogP contribution in [0.15, 0.2) is 59.6 Å². The van der Waals surface area contributed by atoms with Crippen LogP contribution in [0.5, 0.6) is 11.5 Å². The van der Waals surface area contributed by atoms with E-state index in [1.165, 1.54) is 0 Å². The summed E-state index contributed by atoms with van der Waals surface area (Å²) in [5.41, 5.74) is 2.01. The van der Waals surface area contributed by atoms with Crippen LogP contribution in [0.25, 0.3) is 0 Å². The van der Waals surface area contributed by atoms with Crippen molar-refractivity contribution in [3.63, 3.8) is 0 Å². The molecule has 3 N–H and O–H groups in total. The van der Waals surface area contributed by atoms with Crippen LogP contribution in [-0.4, -0.2) is 24.9 Å². The van der Waals surface area contributed by atoms with Crippen LogP contribution in [0.4, 0.5) is 0 Å². The number of rotatable bonds is 9. The molecule has 0 radical (unpaired) electrons. The van der Waals surface area contributed by atoms with Crippen molar-refractivity contribution in [3.05, 3.63) is 70.7 Å². The number of hydrogen-bond donors (Lipinski definition) is 2. The third-order valence-corrected chi connectivity index (χ3v) is 4.59. The average molecular weight is 407 g/mol. The molecule has 0 amide bonds. The molecule has 0 saturated carbocycles. The van der Waals surface area contributed by atoms with Gasteiger partial charge in [-0.3, -0.25) is 0 Å². The van der Waals surface area contributed by atoms with Gasteiger partial charge in [0.2, 0.25) is 0 Å². The Morgan fingerprint density at radius 1 is 1.28 bits per heavy atom. The lowest BCUT2D eigenvalue weighted by molar-refractivity contribution is -0.709. The van der Waals surface area contributed by atoms with Gasteiger partial charge in [0, 0.05) is 5.56 Å². The van der Waals surface area contributed by atoms with Crippen LogP contribution in [0.3, 0.4) is 0 Å². The normalized spacial score (nSPS) is 13.1. The number of methoxy groups -OCH3 is 1. The molecule has 0 aromatic heterocycles. The first-order valence-corrected chi connectivity index (χ1v) is 9.02. The zero-order valence-corrected chi connectivity index (χ0v) is 16.2. The van der Waals surface area contributed by atoms with Crippen LogP contribution in [0, 0.1) is 0 Å². The average Bonchev–Trinajstić information content (AvgIpc) is 2.64. The molecular weight excluding hydrogens is 382 g/mol. The summed E-state index contributed by atoms with van der Waals surface area (Å²) in [6.07, 6.45) is 1.18. The highest BCUT2D eigenvalue weighted by Gasteiger charge is 2.19. The Balaban J connectivity index is 2.05. The molecule has 25 heavy (non-hydrogen) atoms. The van der Waals surface area contributed by atoms with Gasteiger partial charge in [-0.1, -0.05) is 43.0 Å². The summed E-state index contributed by atoms with van der Waals surface area (Å²) >= 11 is 3.54. The lowest BCUT2D eigenvalue weighted by atomic mass is 10.0. The van der Waals surface area contributed by atoms with E-state index in [1.54, 1.807) is 13.2 Å². The Labute approximate surface area is 157 Å². The van der Waals surface area contributed by atoms with E-state index in [0.717, 1.165) is 22.1 Å². The van der Waals surface area contributed by atoms with Gasteiger partial charge in [-0.15, -0.1) is 0 Å². The standard InChI is InChI=1S/C20H24BrNO3/c1-4-10-25-20-17(21)11-15(12-18(20)24-3)13-22-14(2)19(23)16-8-6-5-7-9-16/h4-9,11-12,14,19,22-23H,1,10,13H2,2-3H3/p+1/t14-,19+/m0/s1. The minimum Gasteiger partial charge on any atom is -0.493 e. The van der Waals surface area contributed by atoms with Crippen molar-refractivity contribution in [3.8, 4) is 11.5 Å². The van der Waals surface area contributed by atoms with Gasteiger partial charge >= 0.3 is 0 Å². The van der Waals surface area contributed by atoms with E-state index in [0.29, 0.717) is 18.1 Å². The lowest BCUT2D eigenvalue weighted by Gasteiger charge is -2.18. The molecule has 0 heterocycles. The monoisotopic (exact) mass is 406 g/mol. The molecule has 0 aliphatic heterocycles. The number of aliphatic hydroxyl groups is 1. The summed E-state index contributed by atoms with van der Waals surface area (Å²) in [7, 11) is 1.62. The Morgan fingerprint density at radius 3 is 2.64 bits per heavy atom. The van der Waals surface area contributed by atoms with Crippen LogP contribution in [-0.2, 0) is 6.54 Å². The van der Waals surface area contributed by atoms with Crippen LogP contribution >= 0.6 is 15.9 Å². The Hall–Kier alpha value is -1.82. The summed E-state index contributed by atoms with van der Waals surface area (Å²) in [4.78, 5) is 0. The van der Waals surface area contributed by atoms with Gasteiger partial charge in [0.25, 0.3) is 0 Å². The SMILES string of the molecule is C=CCOc1c(Br)cc(C[NH2+][C@@H](C)[C@@H](O)c2ccccc2)cc1OC. The molecule has 0 saturated heterocycles. The molecule has 2 aromatic rings. The molecule has 134 valence electrons. The molecule has 0 fully saturated rings. The second-order valence-corrected chi connectivity index (χ2v) is 6.72. The topological polar surface area (TPSA) is 55.3 Å². The largest absolute Gasteiger partial charge is 0.493 e. The third-order valence-electron chi connectivity index (χ3n) is 4.00. The third kappa shape index (κ3) is 5.33. The number of quaternary nitrogens is 1. The number of halogens is 1. The highest BCUT2D eigenvalue weighted by Crippen LogP contribution is 2.36. The predicted molar refractivity (Wildman–Crippen MR) is 103 cm³/mol. The lowest BCUT2D eigenvalue weighted by Crippen LogP contribution is -2.88. The molecule has 2 atom stereocenters. The molecule has 0 aliphatic carbocycles.